The van der Waals surface area contributed by atoms with Gasteiger partial charge in [0, 0.05) is 13.7 Å². The van der Waals surface area contributed by atoms with Gasteiger partial charge in [0.1, 0.15) is 5.88 Å². The predicted octanol–water partition coefficient (Wildman–Crippen LogP) is 1.25. The lowest BCUT2D eigenvalue weighted by molar-refractivity contribution is -0.133. The van der Waals surface area contributed by atoms with Crippen LogP contribution in [0, 0.1) is 0 Å². The van der Waals surface area contributed by atoms with E-state index in [1.54, 1.807) is 7.11 Å². The molecule has 76 valence electrons. The van der Waals surface area contributed by atoms with Gasteiger partial charge in [-0.2, -0.15) is 0 Å². The third kappa shape index (κ3) is 2.85. The van der Waals surface area contributed by atoms with Gasteiger partial charge in [0.2, 0.25) is 5.91 Å². The SMILES string of the molecule is COC[C@H]1CCCCN1C(=O)CCl. The molecule has 1 atom stereocenters. The minimum absolute atomic E-state index is 0.0309. The highest BCUT2D eigenvalue weighted by atomic mass is 35.5. The topological polar surface area (TPSA) is 29.5 Å². The first-order chi connectivity index (χ1) is 6.29. The average Bonchev–Trinajstić information content (AvgIpc) is 2.18. The molecule has 0 spiro atoms. The number of methoxy groups -OCH3 is 1. The maximum atomic E-state index is 11.4. The molecule has 0 aromatic heterocycles. The number of hydrogen-bond acceptors (Lipinski definition) is 2. The van der Waals surface area contributed by atoms with E-state index < -0.39 is 0 Å². The number of hydrogen-bond donors (Lipinski definition) is 0. The van der Waals surface area contributed by atoms with Crippen molar-refractivity contribution in [3.8, 4) is 0 Å². The van der Waals surface area contributed by atoms with Crippen LogP contribution in [0.3, 0.4) is 0 Å². The highest BCUT2D eigenvalue weighted by Gasteiger charge is 2.25. The Kier molecular flexibility index (Phi) is 4.53. The maximum absolute atomic E-state index is 11.4. The summed E-state index contributed by atoms with van der Waals surface area (Å²) in [6.07, 6.45) is 3.30. The number of rotatable bonds is 3. The molecule has 0 radical (unpaired) electrons. The fourth-order valence-corrected chi connectivity index (χ4v) is 1.92. The van der Waals surface area contributed by atoms with Crippen LogP contribution in [0.1, 0.15) is 19.3 Å². The molecule has 1 aliphatic heterocycles. The third-order valence-electron chi connectivity index (χ3n) is 2.42. The lowest BCUT2D eigenvalue weighted by Crippen LogP contribution is -2.46. The van der Waals surface area contributed by atoms with Crippen molar-refractivity contribution < 1.29 is 9.53 Å². The Labute approximate surface area is 84.0 Å². The van der Waals surface area contributed by atoms with E-state index in [2.05, 4.69) is 0 Å². The van der Waals surface area contributed by atoms with E-state index in [0.29, 0.717) is 6.61 Å². The van der Waals surface area contributed by atoms with Gasteiger partial charge in [0.05, 0.1) is 12.6 Å². The number of likely N-dealkylation sites (tertiary alicyclic amines) is 1. The highest BCUT2D eigenvalue weighted by Crippen LogP contribution is 2.17. The van der Waals surface area contributed by atoms with Gasteiger partial charge in [0.25, 0.3) is 0 Å². The molecule has 0 bridgehead atoms. The molecule has 3 nitrogen and oxygen atoms in total. The van der Waals surface area contributed by atoms with E-state index in [9.17, 15) is 4.79 Å². The van der Waals surface area contributed by atoms with Crippen LogP contribution in [0.4, 0.5) is 0 Å². The number of carbonyl (C=O) groups excluding carboxylic acids is 1. The lowest BCUT2D eigenvalue weighted by Gasteiger charge is -2.34. The number of carbonyl (C=O) groups is 1. The molecule has 0 unspecified atom stereocenters. The summed E-state index contributed by atoms with van der Waals surface area (Å²) in [5.74, 6) is 0.114. The predicted molar refractivity (Wildman–Crippen MR) is 51.9 cm³/mol. The summed E-state index contributed by atoms with van der Waals surface area (Å²) in [6, 6.07) is 0.241. The molecule has 4 heteroatoms. The van der Waals surface area contributed by atoms with Gasteiger partial charge < -0.3 is 9.64 Å². The van der Waals surface area contributed by atoms with E-state index in [1.807, 2.05) is 4.90 Å². The molecule has 1 heterocycles. The average molecular weight is 206 g/mol. The monoisotopic (exact) mass is 205 g/mol. The van der Waals surface area contributed by atoms with Gasteiger partial charge >= 0.3 is 0 Å². The summed E-state index contributed by atoms with van der Waals surface area (Å²) >= 11 is 5.52. The number of nitrogens with zero attached hydrogens (tertiary/aromatic N) is 1. The second kappa shape index (κ2) is 5.45. The van der Waals surface area contributed by atoms with Crippen LogP contribution >= 0.6 is 11.6 Å². The van der Waals surface area contributed by atoms with Crippen molar-refractivity contribution in [1.29, 1.82) is 0 Å². The smallest absolute Gasteiger partial charge is 0.237 e. The summed E-state index contributed by atoms with van der Waals surface area (Å²) in [4.78, 5) is 13.2. The van der Waals surface area contributed by atoms with Crippen LogP contribution in [-0.2, 0) is 9.53 Å². The summed E-state index contributed by atoms with van der Waals surface area (Å²) in [5, 5.41) is 0. The zero-order valence-corrected chi connectivity index (χ0v) is 8.72. The number of ether oxygens (including phenoxy) is 1. The van der Waals surface area contributed by atoms with Crippen LogP contribution in [0.2, 0.25) is 0 Å². The van der Waals surface area contributed by atoms with Crippen molar-refractivity contribution in [3.63, 3.8) is 0 Å². The molecule has 0 aromatic carbocycles. The molecular weight excluding hydrogens is 190 g/mol. The van der Waals surface area contributed by atoms with Crippen molar-refractivity contribution in [2.24, 2.45) is 0 Å². The minimum Gasteiger partial charge on any atom is -0.383 e. The van der Waals surface area contributed by atoms with Crippen LogP contribution in [0.25, 0.3) is 0 Å². The van der Waals surface area contributed by atoms with Crippen molar-refractivity contribution in [2.45, 2.75) is 25.3 Å². The Morgan fingerprint density at radius 2 is 2.38 bits per heavy atom. The number of amides is 1. The van der Waals surface area contributed by atoms with Crippen molar-refractivity contribution >= 4 is 17.5 Å². The minimum atomic E-state index is 0.0309. The van der Waals surface area contributed by atoms with Gasteiger partial charge in [0.15, 0.2) is 0 Å². The first kappa shape index (κ1) is 10.8. The molecule has 13 heavy (non-hydrogen) atoms. The second-order valence-electron chi connectivity index (χ2n) is 3.33. The van der Waals surface area contributed by atoms with Crippen LogP contribution in [-0.4, -0.2) is 43.0 Å². The van der Waals surface area contributed by atoms with Crippen molar-refractivity contribution in [2.75, 3.05) is 26.1 Å². The molecule has 1 rings (SSSR count). The number of alkyl halides is 1. The zero-order chi connectivity index (χ0) is 9.68. The molecule has 0 saturated carbocycles. The maximum Gasteiger partial charge on any atom is 0.237 e. The van der Waals surface area contributed by atoms with Gasteiger partial charge in [-0.15, -0.1) is 11.6 Å². The van der Waals surface area contributed by atoms with Crippen LogP contribution in [0.5, 0.6) is 0 Å². The Morgan fingerprint density at radius 1 is 1.62 bits per heavy atom. The van der Waals surface area contributed by atoms with E-state index >= 15 is 0 Å². The summed E-state index contributed by atoms with van der Waals surface area (Å²) in [7, 11) is 1.66. The fourth-order valence-electron chi connectivity index (χ4n) is 1.77. The quantitative estimate of drug-likeness (QED) is 0.650. The first-order valence-corrected chi connectivity index (χ1v) is 5.17. The van der Waals surface area contributed by atoms with Gasteiger partial charge in [-0.05, 0) is 19.3 Å². The highest BCUT2D eigenvalue weighted by molar-refractivity contribution is 6.27. The van der Waals surface area contributed by atoms with Crippen LogP contribution in [0.15, 0.2) is 0 Å². The fraction of sp³-hybridized carbons (Fsp3) is 0.889. The van der Waals surface area contributed by atoms with Crippen molar-refractivity contribution in [1.82, 2.24) is 4.90 Å². The second-order valence-corrected chi connectivity index (χ2v) is 3.59. The summed E-state index contributed by atoms with van der Waals surface area (Å²) in [5.41, 5.74) is 0. The lowest BCUT2D eigenvalue weighted by atomic mass is 10.0. The first-order valence-electron chi connectivity index (χ1n) is 4.64. The van der Waals surface area contributed by atoms with Gasteiger partial charge in [-0.25, -0.2) is 0 Å². The molecule has 1 saturated heterocycles. The van der Waals surface area contributed by atoms with E-state index in [-0.39, 0.29) is 17.8 Å². The molecule has 1 aliphatic rings. The third-order valence-corrected chi connectivity index (χ3v) is 2.65. The van der Waals surface area contributed by atoms with Crippen molar-refractivity contribution in [3.05, 3.63) is 0 Å². The molecule has 0 aromatic rings. The molecule has 1 fully saturated rings. The Morgan fingerprint density at radius 3 is 3.00 bits per heavy atom. The van der Waals surface area contributed by atoms with E-state index in [0.717, 1.165) is 19.4 Å². The standard InChI is InChI=1S/C9H16ClNO2/c1-13-7-8-4-2-3-5-11(8)9(12)6-10/h8H,2-7H2,1H3/t8-/m1/s1. The Hall–Kier alpha value is -0.280. The molecule has 1 amide bonds. The molecule has 0 aliphatic carbocycles. The normalized spacial score (nSPS) is 23.2. The Balaban J connectivity index is 2.50. The number of piperidine rings is 1. The van der Waals surface area contributed by atoms with Crippen LogP contribution < -0.4 is 0 Å². The van der Waals surface area contributed by atoms with E-state index in [1.165, 1.54) is 6.42 Å². The summed E-state index contributed by atoms with van der Waals surface area (Å²) < 4.78 is 5.07. The molecular formula is C9H16ClNO2. The largest absolute Gasteiger partial charge is 0.383 e. The summed E-state index contributed by atoms with van der Waals surface area (Å²) in [6.45, 7) is 1.46. The molecule has 0 N–H and O–H groups in total. The van der Waals surface area contributed by atoms with Gasteiger partial charge in [-0.1, -0.05) is 0 Å². The zero-order valence-electron chi connectivity index (χ0n) is 7.96. The number of halogens is 1. The van der Waals surface area contributed by atoms with E-state index in [4.69, 9.17) is 16.3 Å². The Bertz CT molecular complexity index is 173. The van der Waals surface area contributed by atoms with Gasteiger partial charge in [-0.3, -0.25) is 4.79 Å².